The molecule has 0 radical (unpaired) electrons. The van der Waals surface area contributed by atoms with E-state index in [0.29, 0.717) is 71.4 Å². The number of nitrogens with zero attached hydrogens (tertiary/aromatic N) is 9. The van der Waals surface area contributed by atoms with Crippen molar-refractivity contribution in [2.75, 3.05) is 52.5 Å². The Balaban J connectivity index is -0.000000125. The first-order valence-electron chi connectivity index (χ1n) is 39.9. The van der Waals surface area contributed by atoms with E-state index in [-0.39, 0.29) is 0 Å². The highest BCUT2D eigenvalue weighted by molar-refractivity contribution is 5.86. The minimum absolute atomic E-state index is 0.356. The number of aliphatic imine (C=N–C) groups is 3. The smallest absolute Gasteiger partial charge is 0.130 e. The van der Waals surface area contributed by atoms with Gasteiger partial charge in [-0.2, -0.15) is 10.2 Å². The van der Waals surface area contributed by atoms with Gasteiger partial charge in [-0.3, -0.25) is 15.0 Å². The monoisotopic (exact) mass is 1380 g/mol. The van der Waals surface area contributed by atoms with Crippen molar-refractivity contribution in [1.82, 2.24) is 21.5 Å². The summed E-state index contributed by atoms with van der Waals surface area (Å²) in [7, 11) is 0. The lowest BCUT2D eigenvalue weighted by Crippen LogP contribution is -2.29. The van der Waals surface area contributed by atoms with Crippen LogP contribution in [-0.4, -0.2) is 126 Å². The van der Waals surface area contributed by atoms with Crippen LogP contribution in [0.4, 0.5) is 0 Å². The zero-order chi connectivity index (χ0) is 76.8. The van der Waals surface area contributed by atoms with Gasteiger partial charge in [0, 0.05) is 86.3 Å². The van der Waals surface area contributed by atoms with Crippen LogP contribution in [0, 0.1) is 76.9 Å². The van der Waals surface area contributed by atoms with Crippen molar-refractivity contribution in [2.24, 2.45) is 123 Å². The van der Waals surface area contributed by atoms with Crippen LogP contribution in [0.25, 0.3) is 0 Å². The fraction of sp³-hybridized carbons (Fsp3) is 0.887. The van der Waals surface area contributed by atoms with E-state index in [2.05, 4.69) is 192 Å². The molecule has 9 rings (SSSR count). The standard InChI is InChI=1S/C8H15N.2C7H14N2.4C7H13NO.2C6H12N2.9C2H6/c1-7(2)8-5-3-4-6-9-8;2*1-6(2)7-3-4-8-9-5-7;1-6(2)7-3-4-9-8-5-7;1-6(2)7-3-4-8-9-5-7;1-6(2)7-4-3-5-9-8-7;1-6(2)7-4-3-5-8-9-7;2*1-5(2)6-3-7-4-8-6;9*1-2/h7H,3-6H2,1-2H3;5-8H,3-4H2,1-2H3;4,6-7,9H,3,5H2,1-2H3;5-7H,3-4H2,1-2H3;4,6-7H,3,5H2,1-2H3;6H,3-5H2,1-2H3;5-7H,3-4H2,1-2H3;2*4-6H,3H2,1-2H3,(H,7,8);9*1-2H3. The van der Waals surface area contributed by atoms with Crippen molar-refractivity contribution in [3.8, 4) is 0 Å². The first kappa shape index (κ1) is 111. The highest BCUT2D eigenvalue weighted by Crippen LogP contribution is 2.19. The van der Waals surface area contributed by atoms with Gasteiger partial charge in [0.05, 0.1) is 31.5 Å². The Bertz CT molecular complexity index is 1610. The van der Waals surface area contributed by atoms with Crippen molar-refractivity contribution in [3.05, 3.63) is 0 Å². The second-order valence-corrected chi connectivity index (χ2v) is 24.8. The van der Waals surface area contributed by atoms with E-state index in [1.807, 2.05) is 156 Å². The van der Waals surface area contributed by atoms with Gasteiger partial charge in [0.1, 0.15) is 25.9 Å². The third kappa shape index (κ3) is 71.1. The third-order valence-corrected chi connectivity index (χ3v) is 15.1. The highest BCUT2D eigenvalue weighted by atomic mass is 16.6. The summed E-state index contributed by atoms with van der Waals surface area (Å²) < 4.78 is 0. The van der Waals surface area contributed by atoms with Crippen molar-refractivity contribution >= 4 is 55.2 Å². The zero-order valence-corrected chi connectivity index (χ0v) is 71.4. The molecule has 0 spiro atoms. The summed E-state index contributed by atoms with van der Waals surface area (Å²) in [4.78, 5) is 32.3. The van der Waals surface area contributed by atoms with Gasteiger partial charge in [-0.1, -0.05) is 270 Å². The van der Waals surface area contributed by atoms with Gasteiger partial charge in [-0.15, -0.1) is 0 Å². The molecule has 4 N–H and O–H groups in total. The maximum atomic E-state index is 5.11. The number of nitrogens with one attached hydrogen (secondary N) is 4. The molecule has 0 aliphatic carbocycles. The van der Waals surface area contributed by atoms with Crippen LogP contribution in [0.3, 0.4) is 0 Å². The number of hydrogen-bond donors (Lipinski definition) is 4. The topological polar surface area (TPSA) is 196 Å². The third-order valence-electron chi connectivity index (χ3n) is 15.1. The van der Waals surface area contributed by atoms with Gasteiger partial charge in [-0.25, -0.2) is 0 Å². The van der Waals surface area contributed by atoms with Crippen LogP contribution in [0.2, 0.25) is 0 Å². The Morgan fingerprint density at radius 1 is 0.423 bits per heavy atom. The van der Waals surface area contributed by atoms with Crippen LogP contribution in [-0.2, 0) is 19.4 Å². The van der Waals surface area contributed by atoms with Gasteiger partial charge in [0.25, 0.3) is 0 Å². The second kappa shape index (κ2) is 87.5. The molecule has 9 aliphatic rings. The lowest BCUT2D eigenvalue weighted by Gasteiger charge is -2.21. The summed E-state index contributed by atoms with van der Waals surface area (Å²) in [6.07, 6.45) is 26.5. The molecule has 9 aliphatic heterocycles. The molecular formula is C80H173N13O4. The summed E-state index contributed by atoms with van der Waals surface area (Å²) in [5.41, 5.74) is 8.57. The number of hydrogen-bond acceptors (Lipinski definition) is 17. The molecule has 7 atom stereocenters. The van der Waals surface area contributed by atoms with E-state index in [4.69, 9.17) is 19.4 Å². The van der Waals surface area contributed by atoms with Crippen molar-refractivity contribution < 1.29 is 19.4 Å². The van der Waals surface area contributed by atoms with Crippen LogP contribution < -0.4 is 21.5 Å². The normalized spacial score (nSPS) is 20.8. The van der Waals surface area contributed by atoms with Gasteiger partial charge >= 0.3 is 0 Å². The van der Waals surface area contributed by atoms with Crippen molar-refractivity contribution in [2.45, 2.75) is 338 Å². The lowest BCUT2D eigenvalue weighted by molar-refractivity contribution is 0.0146. The van der Waals surface area contributed by atoms with E-state index in [1.165, 1.54) is 37.1 Å². The zero-order valence-electron chi connectivity index (χ0n) is 71.4. The molecule has 582 valence electrons. The van der Waals surface area contributed by atoms with E-state index in [1.54, 1.807) is 12.7 Å². The molecule has 0 saturated heterocycles. The summed E-state index contributed by atoms with van der Waals surface area (Å²) in [6, 6.07) is 1.19. The number of hydrazone groups is 2. The van der Waals surface area contributed by atoms with Gasteiger partial charge in [0.2, 0.25) is 0 Å². The Kier molecular flexibility index (Phi) is 100. The maximum Gasteiger partial charge on any atom is 0.130 e. The molecular weight excluding hydrogens is 1210 g/mol. The summed E-state index contributed by atoms with van der Waals surface area (Å²) in [6.45, 7) is 83.2. The number of oxime groups is 4. The second-order valence-electron chi connectivity index (χ2n) is 24.8. The van der Waals surface area contributed by atoms with Gasteiger partial charge in [-0.05, 0) is 130 Å². The summed E-state index contributed by atoms with van der Waals surface area (Å²) in [5, 5.41) is 29.4. The average molecular weight is 1380 g/mol. The predicted molar refractivity (Wildman–Crippen MR) is 442 cm³/mol. The molecule has 9 heterocycles. The van der Waals surface area contributed by atoms with Crippen LogP contribution >= 0.6 is 0 Å². The Labute approximate surface area is 606 Å². The van der Waals surface area contributed by atoms with E-state index in [0.717, 1.165) is 121 Å². The highest BCUT2D eigenvalue weighted by Gasteiger charge is 2.19. The van der Waals surface area contributed by atoms with Crippen LogP contribution in [0.1, 0.15) is 320 Å². The molecule has 0 saturated carbocycles. The molecule has 0 fully saturated rings. The SMILES string of the molecule is CC.CC.CC.CC.CC.CC.CC.CC.CC.CC(C)C1=NCCCC1.CC(C)C1=NOCCC1.CC(C)C1C=NNCC1.CC(C)C1C=NOCC1.CC(C)C1CC=NNC1.CC(C)C1CC=NOC1.CC(C)C1CCC=NO1.CC(C)C1CN=CN1.CC(C)C1CN=CN1. The fourth-order valence-corrected chi connectivity index (χ4v) is 8.42. The predicted octanol–water partition coefficient (Wildman–Crippen LogP) is 22.2. The van der Waals surface area contributed by atoms with Crippen LogP contribution in [0.5, 0.6) is 0 Å². The van der Waals surface area contributed by atoms with Crippen molar-refractivity contribution in [3.63, 3.8) is 0 Å². The summed E-state index contributed by atoms with van der Waals surface area (Å²) in [5.74, 6) is 9.03. The van der Waals surface area contributed by atoms with Crippen LogP contribution in [0.15, 0.2) is 45.8 Å². The Morgan fingerprint density at radius 3 is 1.16 bits per heavy atom. The Morgan fingerprint density at radius 2 is 0.928 bits per heavy atom. The molecule has 17 heteroatoms. The van der Waals surface area contributed by atoms with Crippen molar-refractivity contribution in [1.29, 1.82) is 0 Å². The molecule has 7 unspecified atom stereocenters. The summed E-state index contributed by atoms with van der Waals surface area (Å²) >= 11 is 0. The van der Waals surface area contributed by atoms with E-state index >= 15 is 0 Å². The molecule has 17 nitrogen and oxygen atoms in total. The molecule has 0 bridgehead atoms. The maximum absolute atomic E-state index is 5.11. The number of rotatable bonds is 9. The molecule has 0 aromatic rings. The lowest BCUT2D eigenvalue weighted by atomic mass is 9.93. The molecule has 0 aromatic carbocycles. The largest absolute Gasteiger partial charge is 0.396 e. The Hall–Kier alpha value is -4.57. The molecule has 0 aromatic heterocycles. The van der Waals surface area contributed by atoms with E-state index in [9.17, 15) is 0 Å². The molecule has 97 heavy (non-hydrogen) atoms. The molecule has 0 amide bonds. The average Bonchev–Trinajstić information content (AvgIpc) is 4.22. The first-order valence-corrected chi connectivity index (χ1v) is 39.9. The first-order chi connectivity index (χ1) is 46.7. The fourth-order valence-electron chi connectivity index (χ4n) is 8.42. The minimum atomic E-state index is 0.356. The quantitative estimate of drug-likeness (QED) is 0.175. The van der Waals surface area contributed by atoms with E-state index < -0.39 is 0 Å². The van der Waals surface area contributed by atoms with Gasteiger partial charge < -0.3 is 40.8 Å². The van der Waals surface area contributed by atoms with Gasteiger partial charge in [0.15, 0.2) is 0 Å². The minimum Gasteiger partial charge on any atom is -0.396 e.